The van der Waals surface area contributed by atoms with Gasteiger partial charge in [0.1, 0.15) is 0 Å². The van der Waals surface area contributed by atoms with Crippen LogP contribution >= 0.6 is 0 Å². The average molecular weight is 303 g/mol. The summed E-state index contributed by atoms with van der Waals surface area (Å²) in [6.07, 6.45) is 11.4. The largest absolute Gasteiger partial charge is 0.375 e. The van der Waals surface area contributed by atoms with Crippen LogP contribution in [0.5, 0.6) is 0 Å². The lowest BCUT2D eigenvalue weighted by Crippen LogP contribution is -2.37. The van der Waals surface area contributed by atoms with Gasteiger partial charge in [-0.25, -0.2) is 0 Å². The molecule has 0 N–H and O–H groups in total. The van der Waals surface area contributed by atoms with Crippen molar-refractivity contribution in [2.75, 3.05) is 27.2 Å². The molecule has 2 nitrogen and oxygen atoms in total. The monoisotopic (exact) mass is 303 g/mol. The van der Waals surface area contributed by atoms with Crippen LogP contribution in [0, 0.1) is 0 Å². The lowest BCUT2D eigenvalue weighted by atomic mass is 9.82. The Kier molecular flexibility index (Phi) is 7.41. The van der Waals surface area contributed by atoms with E-state index in [4.69, 9.17) is 4.74 Å². The highest BCUT2D eigenvalue weighted by molar-refractivity contribution is 5.17. The van der Waals surface area contributed by atoms with Crippen molar-refractivity contribution in [1.82, 2.24) is 4.90 Å². The van der Waals surface area contributed by atoms with Crippen molar-refractivity contribution in [2.45, 2.75) is 63.4 Å². The summed E-state index contributed by atoms with van der Waals surface area (Å²) in [6, 6.07) is 10.9. The van der Waals surface area contributed by atoms with Crippen LogP contribution in [0.1, 0.15) is 56.9 Å². The van der Waals surface area contributed by atoms with Gasteiger partial charge in [-0.2, -0.15) is 0 Å². The van der Waals surface area contributed by atoms with Crippen LogP contribution in [-0.2, 0) is 11.2 Å². The Balaban J connectivity index is 1.98. The molecular formula is C20H33NO. The van der Waals surface area contributed by atoms with E-state index in [9.17, 15) is 0 Å². The van der Waals surface area contributed by atoms with Gasteiger partial charge in [0.05, 0.1) is 5.60 Å². The van der Waals surface area contributed by atoms with E-state index in [-0.39, 0.29) is 5.60 Å². The minimum absolute atomic E-state index is 0.0775. The Bertz CT molecular complexity index is 393. The van der Waals surface area contributed by atoms with Gasteiger partial charge in [0.2, 0.25) is 0 Å². The van der Waals surface area contributed by atoms with E-state index in [2.05, 4.69) is 49.3 Å². The molecule has 1 aliphatic carbocycles. The second-order valence-corrected chi connectivity index (χ2v) is 7.12. The molecule has 0 aromatic heterocycles. The van der Waals surface area contributed by atoms with Gasteiger partial charge in [-0.3, -0.25) is 0 Å². The van der Waals surface area contributed by atoms with Crippen molar-refractivity contribution in [1.29, 1.82) is 0 Å². The average Bonchev–Trinajstić information content (AvgIpc) is 2.48. The zero-order valence-electron chi connectivity index (χ0n) is 14.5. The third-order valence-electron chi connectivity index (χ3n) is 4.79. The van der Waals surface area contributed by atoms with E-state index >= 15 is 0 Å². The lowest BCUT2D eigenvalue weighted by molar-refractivity contribution is -0.0646. The summed E-state index contributed by atoms with van der Waals surface area (Å²) < 4.78 is 6.53. The van der Waals surface area contributed by atoms with Crippen LogP contribution in [0.4, 0.5) is 0 Å². The molecule has 2 heteroatoms. The van der Waals surface area contributed by atoms with Crippen LogP contribution in [0.15, 0.2) is 30.3 Å². The van der Waals surface area contributed by atoms with Crippen LogP contribution in [-0.4, -0.2) is 37.7 Å². The SMILES string of the molecule is CN(C)CCCOC1(Cc2ccccc2)CCCCCCC1. The molecule has 2 rings (SSSR count). The summed E-state index contributed by atoms with van der Waals surface area (Å²) in [4.78, 5) is 2.24. The van der Waals surface area contributed by atoms with E-state index in [0.29, 0.717) is 0 Å². The Morgan fingerprint density at radius 3 is 2.23 bits per heavy atom. The molecule has 1 aliphatic rings. The second-order valence-electron chi connectivity index (χ2n) is 7.12. The number of ether oxygens (including phenoxy) is 1. The van der Waals surface area contributed by atoms with Gasteiger partial charge < -0.3 is 9.64 Å². The molecule has 0 spiro atoms. The smallest absolute Gasteiger partial charge is 0.0722 e. The summed E-state index contributed by atoms with van der Waals surface area (Å²) in [5, 5.41) is 0. The first-order chi connectivity index (χ1) is 10.7. The molecule has 0 aliphatic heterocycles. The third kappa shape index (κ3) is 6.10. The topological polar surface area (TPSA) is 12.5 Å². The molecular weight excluding hydrogens is 270 g/mol. The fraction of sp³-hybridized carbons (Fsp3) is 0.700. The predicted molar refractivity (Wildman–Crippen MR) is 94.3 cm³/mol. The molecule has 1 aromatic rings. The van der Waals surface area contributed by atoms with Crippen molar-refractivity contribution in [3.63, 3.8) is 0 Å². The van der Waals surface area contributed by atoms with E-state index in [1.807, 2.05) is 0 Å². The molecule has 0 heterocycles. The minimum atomic E-state index is 0.0775. The summed E-state index contributed by atoms with van der Waals surface area (Å²) >= 11 is 0. The van der Waals surface area contributed by atoms with Crippen molar-refractivity contribution < 1.29 is 4.74 Å². The number of hydrogen-bond acceptors (Lipinski definition) is 2. The Morgan fingerprint density at radius 2 is 1.59 bits per heavy atom. The van der Waals surface area contributed by atoms with Gasteiger partial charge in [-0.05, 0) is 45.5 Å². The van der Waals surface area contributed by atoms with E-state index in [1.165, 1.54) is 50.5 Å². The molecule has 1 fully saturated rings. The Labute approximate surface area is 136 Å². The predicted octanol–water partition coefficient (Wildman–Crippen LogP) is 4.68. The van der Waals surface area contributed by atoms with Gasteiger partial charge in [0, 0.05) is 13.0 Å². The van der Waals surface area contributed by atoms with Gasteiger partial charge in [0.15, 0.2) is 0 Å². The van der Waals surface area contributed by atoms with Gasteiger partial charge in [0.25, 0.3) is 0 Å². The first-order valence-electron chi connectivity index (χ1n) is 9.03. The molecule has 0 amide bonds. The molecule has 0 saturated heterocycles. The maximum absolute atomic E-state index is 6.53. The van der Waals surface area contributed by atoms with E-state index < -0.39 is 0 Å². The third-order valence-corrected chi connectivity index (χ3v) is 4.79. The Hall–Kier alpha value is -0.860. The second kappa shape index (κ2) is 9.32. The normalized spacial score (nSPS) is 18.9. The van der Waals surface area contributed by atoms with Crippen LogP contribution < -0.4 is 0 Å². The maximum atomic E-state index is 6.53. The summed E-state index contributed by atoms with van der Waals surface area (Å²) in [7, 11) is 4.27. The van der Waals surface area contributed by atoms with Crippen molar-refractivity contribution in [3.05, 3.63) is 35.9 Å². The zero-order chi connectivity index (χ0) is 15.7. The molecule has 1 saturated carbocycles. The molecule has 0 radical (unpaired) electrons. The highest BCUT2D eigenvalue weighted by atomic mass is 16.5. The van der Waals surface area contributed by atoms with Crippen molar-refractivity contribution in [2.24, 2.45) is 0 Å². The standard InChI is InChI=1S/C20H33NO/c1-21(2)16-11-17-22-20(14-9-4-3-5-10-15-20)18-19-12-7-6-8-13-19/h6-8,12-13H,3-5,9-11,14-18H2,1-2H3. The Morgan fingerprint density at radius 1 is 0.955 bits per heavy atom. The first-order valence-corrected chi connectivity index (χ1v) is 9.03. The number of rotatable bonds is 7. The summed E-state index contributed by atoms with van der Waals surface area (Å²) in [5.41, 5.74) is 1.50. The zero-order valence-corrected chi connectivity index (χ0v) is 14.5. The molecule has 1 aromatic carbocycles. The fourth-order valence-electron chi connectivity index (χ4n) is 3.56. The highest BCUT2D eigenvalue weighted by Gasteiger charge is 2.31. The van der Waals surface area contributed by atoms with Crippen LogP contribution in [0.2, 0.25) is 0 Å². The summed E-state index contributed by atoms with van der Waals surface area (Å²) in [6.45, 7) is 2.01. The molecule has 0 atom stereocenters. The quantitative estimate of drug-likeness (QED) is 0.678. The summed E-state index contributed by atoms with van der Waals surface area (Å²) in [5.74, 6) is 0. The number of benzene rings is 1. The fourth-order valence-corrected chi connectivity index (χ4v) is 3.56. The number of hydrogen-bond donors (Lipinski definition) is 0. The lowest BCUT2D eigenvalue weighted by Gasteiger charge is -2.36. The van der Waals surface area contributed by atoms with Crippen LogP contribution in [0.3, 0.4) is 0 Å². The van der Waals surface area contributed by atoms with Gasteiger partial charge >= 0.3 is 0 Å². The maximum Gasteiger partial charge on any atom is 0.0722 e. The van der Waals surface area contributed by atoms with E-state index in [0.717, 1.165) is 26.0 Å². The van der Waals surface area contributed by atoms with Crippen LogP contribution in [0.25, 0.3) is 0 Å². The van der Waals surface area contributed by atoms with Gasteiger partial charge in [-0.15, -0.1) is 0 Å². The highest BCUT2D eigenvalue weighted by Crippen LogP contribution is 2.33. The number of nitrogens with zero attached hydrogens (tertiary/aromatic N) is 1. The molecule has 0 bridgehead atoms. The molecule has 124 valence electrons. The minimum Gasteiger partial charge on any atom is -0.375 e. The molecule has 22 heavy (non-hydrogen) atoms. The van der Waals surface area contributed by atoms with Crippen molar-refractivity contribution in [3.8, 4) is 0 Å². The van der Waals surface area contributed by atoms with Gasteiger partial charge in [-0.1, -0.05) is 62.4 Å². The van der Waals surface area contributed by atoms with E-state index in [1.54, 1.807) is 0 Å². The van der Waals surface area contributed by atoms with Crippen molar-refractivity contribution >= 4 is 0 Å². The first kappa shape index (κ1) is 17.5. The molecule has 0 unspecified atom stereocenters.